The number of amides is 1. The van der Waals surface area contributed by atoms with Crippen molar-refractivity contribution in [2.75, 3.05) is 26.2 Å². The number of nitrogens with zero attached hydrogens (tertiary/aromatic N) is 1. The van der Waals surface area contributed by atoms with Crippen LogP contribution in [0.2, 0.25) is 0 Å². The summed E-state index contributed by atoms with van der Waals surface area (Å²) < 4.78 is 41.5. The summed E-state index contributed by atoms with van der Waals surface area (Å²) in [5.74, 6) is -0.823. The summed E-state index contributed by atoms with van der Waals surface area (Å²) in [6, 6.07) is 5.55. The predicted octanol–water partition coefficient (Wildman–Crippen LogP) is 3.19. The SMILES string of the molecule is O=C(c1ccccc1OC(F)(F)F)N1CCC2(CCNCC2)CC1. The third kappa shape index (κ3) is 3.83. The molecule has 0 unspecified atom stereocenters. The molecule has 0 aliphatic carbocycles. The average molecular weight is 342 g/mol. The van der Waals surface area contributed by atoms with Crippen LogP contribution >= 0.6 is 0 Å². The lowest BCUT2D eigenvalue weighted by Gasteiger charge is -2.44. The minimum absolute atomic E-state index is 0.0314. The summed E-state index contributed by atoms with van der Waals surface area (Å²) in [5.41, 5.74) is 0.250. The van der Waals surface area contributed by atoms with Gasteiger partial charge in [-0.3, -0.25) is 4.79 Å². The van der Waals surface area contributed by atoms with Gasteiger partial charge in [0.25, 0.3) is 5.91 Å². The van der Waals surface area contributed by atoms with Crippen molar-refractivity contribution in [2.45, 2.75) is 32.0 Å². The van der Waals surface area contributed by atoms with Gasteiger partial charge in [0.05, 0.1) is 5.56 Å². The Morgan fingerprint density at radius 1 is 1.08 bits per heavy atom. The maximum atomic E-state index is 12.6. The zero-order chi connectivity index (χ0) is 17.2. The minimum atomic E-state index is -4.81. The number of carbonyl (C=O) groups is 1. The van der Waals surface area contributed by atoms with Gasteiger partial charge in [-0.05, 0) is 56.3 Å². The van der Waals surface area contributed by atoms with Crippen LogP contribution in [0.5, 0.6) is 5.75 Å². The first-order chi connectivity index (χ1) is 11.4. The van der Waals surface area contributed by atoms with E-state index in [1.807, 2.05) is 0 Å². The first-order valence-electron chi connectivity index (χ1n) is 8.23. The Bertz CT molecular complexity index is 588. The molecule has 1 N–H and O–H groups in total. The first-order valence-corrected chi connectivity index (χ1v) is 8.23. The molecule has 2 aliphatic heterocycles. The topological polar surface area (TPSA) is 41.6 Å². The maximum Gasteiger partial charge on any atom is 0.573 e. The molecular weight excluding hydrogens is 321 g/mol. The van der Waals surface area contributed by atoms with E-state index in [2.05, 4.69) is 10.1 Å². The summed E-state index contributed by atoms with van der Waals surface area (Å²) in [4.78, 5) is 14.3. The minimum Gasteiger partial charge on any atom is -0.405 e. The Morgan fingerprint density at radius 2 is 1.71 bits per heavy atom. The van der Waals surface area contributed by atoms with Crippen molar-refractivity contribution in [1.29, 1.82) is 0 Å². The summed E-state index contributed by atoms with van der Waals surface area (Å²) in [7, 11) is 0. The van der Waals surface area contributed by atoms with E-state index >= 15 is 0 Å². The van der Waals surface area contributed by atoms with Gasteiger partial charge in [0, 0.05) is 13.1 Å². The first kappa shape index (κ1) is 17.1. The Kier molecular flexibility index (Phi) is 4.71. The lowest BCUT2D eigenvalue weighted by molar-refractivity contribution is -0.274. The zero-order valence-electron chi connectivity index (χ0n) is 13.4. The monoisotopic (exact) mass is 342 g/mol. The van der Waals surface area contributed by atoms with E-state index in [4.69, 9.17) is 0 Å². The molecule has 2 fully saturated rings. The van der Waals surface area contributed by atoms with Gasteiger partial charge in [-0.25, -0.2) is 0 Å². The average Bonchev–Trinajstić information content (AvgIpc) is 2.55. The highest BCUT2D eigenvalue weighted by atomic mass is 19.4. The molecule has 0 atom stereocenters. The van der Waals surface area contributed by atoms with Gasteiger partial charge in [-0.1, -0.05) is 12.1 Å². The van der Waals surface area contributed by atoms with Crippen LogP contribution in [0, 0.1) is 5.41 Å². The largest absolute Gasteiger partial charge is 0.573 e. The number of carbonyl (C=O) groups excluding carboxylic acids is 1. The number of nitrogens with one attached hydrogen (secondary N) is 1. The van der Waals surface area contributed by atoms with E-state index in [1.165, 1.54) is 18.2 Å². The molecule has 7 heteroatoms. The Morgan fingerprint density at radius 3 is 2.33 bits per heavy atom. The van der Waals surface area contributed by atoms with E-state index < -0.39 is 18.0 Å². The van der Waals surface area contributed by atoms with Crippen LogP contribution < -0.4 is 10.1 Å². The third-order valence-corrected chi connectivity index (χ3v) is 5.12. The number of halogens is 3. The molecule has 24 heavy (non-hydrogen) atoms. The summed E-state index contributed by atoms with van der Waals surface area (Å²) in [6.45, 7) is 3.16. The van der Waals surface area contributed by atoms with Crippen molar-refractivity contribution in [2.24, 2.45) is 5.41 Å². The van der Waals surface area contributed by atoms with E-state index in [0.717, 1.165) is 38.8 Å². The number of hydrogen-bond donors (Lipinski definition) is 1. The molecule has 1 spiro atoms. The third-order valence-electron chi connectivity index (χ3n) is 5.12. The molecule has 0 bridgehead atoms. The van der Waals surface area contributed by atoms with Crippen molar-refractivity contribution < 1.29 is 22.7 Å². The highest BCUT2D eigenvalue weighted by Crippen LogP contribution is 2.40. The number of alkyl halides is 3. The fourth-order valence-electron chi connectivity index (χ4n) is 3.67. The van der Waals surface area contributed by atoms with Crippen LogP contribution in [-0.4, -0.2) is 43.3 Å². The molecule has 1 amide bonds. The Balaban J connectivity index is 1.69. The van der Waals surface area contributed by atoms with Crippen molar-refractivity contribution in [3.63, 3.8) is 0 Å². The van der Waals surface area contributed by atoms with Crippen molar-refractivity contribution in [3.8, 4) is 5.75 Å². The quantitative estimate of drug-likeness (QED) is 0.897. The van der Waals surface area contributed by atoms with E-state index in [-0.39, 0.29) is 11.0 Å². The van der Waals surface area contributed by atoms with Crippen LogP contribution in [0.15, 0.2) is 24.3 Å². The number of hydrogen-bond acceptors (Lipinski definition) is 3. The Labute approximate surface area is 139 Å². The van der Waals surface area contributed by atoms with E-state index in [1.54, 1.807) is 11.0 Å². The van der Waals surface area contributed by atoms with Crippen LogP contribution in [0.25, 0.3) is 0 Å². The normalized spacial score (nSPS) is 20.9. The smallest absolute Gasteiger partial charge is 0.405 e. The fraction of sp³-hybridized carbons (Fsp3) is 0.588. The van der Waals surface area contributed by atoms with Crippen LogP contribution in [0.1, 0.15) is 36.0 Å². The zero-order valence-corrected chi connectivity index (χ0v) is 13.4. The Hall–Kier alpha value is -1.76. The number of ether oxygens (including phenoxy) is 1. The second kappa shape index (κ2) is 6.63. The molecule has 0 saturated carbocycles. The summed E-state index contributed by atoms with van der Waals surface area (Å²) in [5, 5.41) is 3.34. The molecule has 2 aliphatic rings. The van der Waals surface area contributed by atoms with Crippen LogP contribution in [0.3, 0.4) is 0 Å². The molecule has 1 aromatic carbocycles. The van der Waals surface area contributed by atoms with Crippen molar-refractivity contribution >= 4 is 5.91 Å². The van der Waals surface area contributed by atoms with Crippen LogP contribution in [0.4, 0.5) is 13.2 Å². The highest BCUT2D eigenvalue weighted by molar-refractivity contribution is 5.97. The summed E-state index contributed by atoms with van der Waals surface area (Å²) >= 11 is 0. The van der Waals surface area contributed by atoms with E-state index in [0.29, 0.717) is 13.1 Å². The summed E-state index contributed by atoms with van der Waals surface area (Å²) in [6.07, 6.45) is -0.797. The lowest BCUT2D eigenvalue weighted by atomic mass is 9.71. The second-order valence-corrected chi connectivity index (χ2v) is 6.59. The molecule has 4 nitrogen and oxygen atoms in total. The van der Waals surface area contributed by atoms with Gasteiger partial charge >= 0.3 is 6.36 Å². The van der Waals surface area contributed by atoms with E-state index in [9.17, 15) is 18.0 Å². The highest BCUT2D eigenvalue weighted by Gasteiger charge is 2.38. The number of para-hydroxylation sites is 1. The molecule has 0 radical (unpaired) electrons. The second-order valence-electron chi connectivity index (χ2n) is 6.59. The maximum absolute atomic E-state index is 12.6. The van der Waals surface area contributed by atoms with Crippen LogP contribution in [-0.2, 0) is 0 Å². The molecule has 3 rings (SSSR count). The lowest BCUT2D eigenvalue weighted by Crippen LogP contribution is -2.47. The molecule has 132 valence electrons. The fourth-order valence-corrected chi connectivity index (χ4v) is 3.67. The van der Waals surface area contributed by atoms with Gasteiger partial charge in [0.15, 0.2) is 0 Å². The number of likely N-dealkylation sites (tertiary alicyclic amines) is 1. The van der Waals surface area contributed by atoms with Gasteiger partial charge < -0.3 is 15.0 Å². The number of piperidine rings is 2. The molecule has 2 saturated heterocycles. The predicted molar refractivity (Wildman–Crippen MR) is 82.8 cm³/mol. The standard InChI is InChI=1S/C17H21F3N2O2/c18-17(19,20)24-14-4-2-1-3-13(14)15(23)22-11-7-16(8-12-22)5-9-21-10-6-16/h1-4,21H,5-12H2. The van der Waals surface area contributed by atoms with Gasteiger partial charge in [-0.15, -0.1) is 13.2 Å². The van der Waals surface area contributed by atoms with Gasteiger partial charge in [0.1, 0.15) is 5.75 Å². The molecule has 1 aromatic rings. The van der Waals surface area contributed by atoms with Gasteiger partial charge in [-0.2, -0.15) is 0 Å². The molecule has 2 heterocycles. The molecule has 0 aromatic heterocycles. The number of benzene rings is 1. The van der Waals surface area contributed by atoms with Gasteiger partial charge in [0.2, 0.25) is 0 Å². The molecular formula is C17H21F3N2O2. The number of rotatable bonds is 2. The van der Waals surface area contributed by atoms with Crippen molar-refractivity contribution in [3.05, 3.63) is 29.8 Å². The van der Waals surface area contributed by atoms with Crippen molar-refractivity contribution in [1.82, 2.24) is 10.2 Å².